The standard InChI is InChI=1S/C12H14F4N2.ClH/c13-7-11(18-3-1-17-2-4-18)9-5-8(14)6-10(15)12(9)16;/h5-6,11,17H,1-4,7H2;1H/t11-;/m1./s1. The van der Waals surface area contributed by atoms with Crippen LogP contribution in [0.15, 0.2) is 12.1 Å². The van der Waals surface area contributed by atoms with Crippen LogP contribution >= 0.6 is 12.4 Å². The van der Waals surface area contributed by atoms with Gasteiger partial charge < -0.3 is 5.32 Å². The van der Waals surface area contributed by atoms with Crippen molar-refractivity contribution in [2.75, 3.05) is 32.9 Å². The molecular weight excluding hydrogens is 284 g/mol. The first-order valence-corrected chi connectivity index (χ1v) is 5.78. The zero-order valence-electron chi connectivity index (χ0n) is 10.1. The average molecular weight is 299 g/mol. The van der Waals surface area contributed by atoms with Gasteiger partial charge >= 0.3 is 0 Å². The molecule has 0 amide bonds. The summed E-state index contributed by atoms with van der Waals surface area (Å²) in [6.07, 6.45) is 0. The highest BCUT2D eigenvalue weighted by atomic mass is 35.5. The minimum absolute atomic E-state index is 0. The van der Waals surface area contributed by atoms with E-state index in [0.717, 1.165) is 6.07 Å². The van der Waals surface area contributed by atoms with Gasteiger partial charge in [0.15, 0.2) is 11.6 Å². The van der Waals surface area contributed by atoms with Gasteiger partial charge in [0.05, 0.1) is 6.04 Å². The van der Waals surface area contributed by atoms with Crippen LogP contribution in [0.3, 0.4) is 0 Å². The Morgan fingerprint density at radius 1 is 1.16 bits per heavy atom. The van der Waals surface area contributed by atoms with Gasteiger partial charge in [0.25, 0.3) is 0 Å². The predicted octanol–water partition coefficient (Wildman–Crippen LogP) is 2.44. The monoisotopic (exact) mass is 298 g/mol. The summed E-state index contributed by atoms with van der Waals surface area (Å²) < 4.78 is 53.0. The van der Waals surface area contributed by atoms with Crippen LogP contribution in [-0.2, 0) is 0 Å². The number of nitrogens with one attached hydrogen (secondary N) is 1. The molecule has 1 aromatic rings. The Morgan fingerprint density at radius 2 is 1.79 bits per heavy atom. The summed E-state index contributed by atoms with van der Waals surface area (Å²) in [5.74, 6) is -3.34. The minimum Gasteiger partial charge on any atom is -0.314 e. The second kappa shape index (κ2) is 7.07. The van der Waals surface area contributed by atoms with Gasteiger partial charge in [0, 0.05) is 37.8 Å². The Bertz CT molecular complexity index is 424. The maximum Gasteiger partial charge on any atom is 0.163 e. The molecule has 1 aliphatic rings. The van der Waals surface area contributed by atoms with E-state index < -0.39 is 30.2 Å². The molecule has 0 saturated carbocycles. The lowest BCUT2D eigenvalue weighted by molar-refractivity contribution is 0.143. The van der Waals surface area contributed by atoms with Crippen molar-refractivity contribution in [3.05, 3.63) is 35.1 Å². The number of benzene rings is 1. The summed E-state index contributed by atoms with van der Waals surface area (Å²) >= 11 is 0. The van der Waals surface area contributed by atoms with Gasteiger partial charge in [0.2, 0.25) is 0 Å². The van der Waals surface area contributed by atoms with Crippen LogP contribution in [0.4, 0.5) is 17.6 Å². The number of nitrogens with zero attached hydrogens (tertiary/aromatic N) is 1. The molecule has 1 fully saturated rings. The molecule has 0 bridgehead atoms. The van der Waals surface area contributed by atoms with Crippen LogP contribution in [0.5, 0.6) is 0 Å². The van der Waals surface area contributed by atoms with E-state index in [2.05, 4.69) is 5.32 Å². The van der Waals surface area contributed by atoms with Crippen LogP contribution in [0.2, 0.25) is 0 Å². The van der Waals surface area contributed by atoms with Crippen LogP contribution in [0, 0.1) is 17.5 Å². The van der Waals surface area contributed by atoms with Gasteiger partial charge in [-0.25, -0.2) is 17.6 Å². The average Bonchev–Trinajstić information content (AvgIpc) is 2.37. The molecule has 0 aliphatic carbocycles. The highest BCUT2D eigenvalue weighted by Crippen LogP contribution is 2.26. The highest BCUT2D eigenvalue weighted by Gasteiger charge is 2.26. The zero-order chi connectivity index (χ0) is 13.1. The molecule has 1 saturated heterocycles. The lowest BCUT2D eigenvalue weighted by atomic mass is 10.0. The first kappa shape index (κ1) is 16.2. The summed E-state index contributed by atoms with van der Waals surface area (Å²) in [4.78, 5) is 1.69. The number of alkyl halides is 1. The molecule has 2 rings (SSSR count). The summed E-state index contributed by atoms with van der Waals surface area (Å²) in [6.45, 7) is 1.46. The van der Waals surface area contributed by atoms with Crippen molar-refractivity contribution in [2.24, 2.45) is 0 Å². The van der Waals surface area contributed by atoms with Crippen LogP contribution < -0.4 is 5.32 Å². The quantitative estimate of drug-likeness (QED) is 0.681. The Hall–Kier alpha value is -0.850. The summed E-state index contributed by atoms with van der Waals surface area (Å²) in [6, 6.07) is 0.397. The van der Waals surface area contributed by atoms with Crippen LogP contribution in [-0.4, -0.2) is 37.8 Å². The van der Waals surface area contributed by atoms with Crippen LogP contribution in [0.1, 0.15) is 11.6 Å². The third kappa shape index (κ3) is 3.58. The number of hydrogen-bond acceptors (Lipinski definition) is 2. The van der Waals surface area contributed by atoms with Crippen molar-refractivity contribution < 1.29 is 17.6 Å². The molecule has 0 spiro atoms. The van der Waals surface area contributed by atoms with Gasteiger partial charge in [-0.05, 0) is 6.07 Å². The summed E-state index contributed by atoms with van der Waals surface area (Å²) in [5.41, 5.74) is -0.253. The van der Waals surface area contributed by atoms with Gasteiger partial charge in [-0.2, -0.15) is 0 Å². The zero-order valence-corrected chi connectivity index (χ0v) is 11.0. The van der Waals surface area contributed by atoms with Gasteiger partial charge in [0.1, 0.15) is 12.5 Å². The third-order valence-corrected chi connectivity index (χ3v) is 3.12. The van der Waals surface area contributed by atoms with E-state index in [1.54, 1.807) is 4.90 Å². The van der Waals surface area contributed by atoms with Crippen molar-refractivity contribution in [1.29, 1.82) is 0 Å². The number of rotatable bonds is 3. The fourth-order valence-corrected chi connectivity index (χ4v) is 2.19. The van der Waals surface area contributed by atoms with Crippen molar-refractivity contribution in [3.63, 3.8) is 0 Å². The van der Waals surface area contributed by atoms with Gasteiger partial charge in [-0.3, -0.25) is 4.90 Å². The molecular formula is C12H15ClF4N2. The molecule has 1 aliphatic heterocycles. The SMILES string of the molecule is Cl.FC[C@H](c1cc(F)cc(F)c1F)N1CCNCC1. The predicted molar refractivity (Wildman–Crippen MR) is 66.7 cm³/mol. The molecule has 0 aromatic heterocycles. The lowest BCUT2D eigenvalue weighted by Gasteiger charge is -2.33. The fourth-order valence-electron chi connectivity index (χ4n) is 2.19. The smallest absolute Gasteiger partial charge is 0.163 e. The van der Waals surface area contributed by atoms with E-state index in [9.17, 15) is 17.6 Å². The summed E-state index contributed by atoms with van der Waals surface area (Å²) in [7, 11) is 0. The number of halogens is 5. The van der Waals surface area contributed by atoms with Crippen LogP contribution in [0.25, 0.3) is 0 Å². The van der Waals surface area contributed by atoms with Crippen molar-refractivity contribution in [2.45, 2.75) is 6.04 Å². The Kier molecular flexibility index (Phi) is 6.03. The normalized spacial score (nSPS) is 17.9. The molecule has 19 heavy (non-hydrogen) atoms. The molecule has 1 N–H and O–H groups in total. The topological polar surface area (TPSA) is 15.3 Å². The number of hydrogen-bond donors (Lipinski definition) is 1. The van der Waals surface area contributed by atoms with E-state index in [-0.39, 0.29) is 18.0 Å². The molecule has 0 unspecified atom stereocenters. The largest absolute Gasteiger partial charge is 0.314 e. The van der Waals surface area contributed by atoms with Crippen molar-refractivity contribution in [1.82, 2.24) is 10.2 Å². The van der Waals surface area contributed by atoms with E-state index in [4.69, 9.17) is 0 Å². The summed E-state index contributed by atoms with van der Waals surface area (Å²) in [5, 5.41) is 3.08. The van der Waals surface area contributed by atoms with Gasteiger partial charge in [-0.1, -0.05) is 0 Å². The Morgan fingerprint density at radius 3 is 2.37 bits per heavy atom. The van der Waals surface area contributed by atoms with Crippen molar-refractivity contribution in [3.8, 4) is 0 Å². The van der Waals surface area contributed by atoms with E-state index in [1.807, 2.05) is 0 Å². The fraction of sp³-hybridized carbons (Fsp3) is 0.500. The maximum absolute atomic E-state index is 13.6. The maximum atomic E-state index is 13.6. The van der Waals surface area contributed by atoms with Crippen molar-refractivity contribution >= 4 is 12.4 Å². The molecule has 1 atom stereocenters. The molecule has 7 heteroatoms. The first-order valence-electron chi connectivity index (χ1n) is 5.78. The Labute approximate surface area is 115 Å². The van der Waals surface area contributed by atoms with E-state index in [1.165, 1.54) is 0 Å². The minimum atomic E-state index is -1.28. The van der Waals surface area contributed by atoms with Gasteiger partial charge in [-0.15, -0.1) is 12.4 Å². The highest BCUT2D eigenvalue weighted by molar-refractivity contribution is 5.85. The second-order valence-corrected chi connectivity index (χ2v) is 4.25. The van der Waals surface area contributed by atoms with E-state index in [0.29, 0.717) is 32.2 Å². The molecule has 0 radical (unpaired) electrons. The first-order chi connectivity index (χ1) is 8.63. The Balaban J connectivity index is 0.00000180. The molecule has 1 heterocycles. The molecule has 108 valence electrons. The lowest BCUT2D eigenvalue weighted by Crippen LogP contribution is -2.46. The molecule has 1 aromatic carbocycles. The number of piperazine rings is 1. The third-order valence-electron chi connectivity index (χ3n) is 3.12. The van der Waals surface area contributed by atoms with E-state index >= 15 is 0 Å². The molecule has 2 nitrogen and oxygen atoms in total. The second-order valence-electron chi connectivity index (χ2n) is 4.25.